The van der Waals surface area contributed by atoms with E-state index < -0.39 is 10.0 Å². The Hall–Kier alpha value is -2.62. The molecule has 158 valence electrons. The molecule has 0 radical (unpaired) electrons. The molecule has 0 fully saturated rings. The first-order valence-corrected chi connectivity index (χ1v) is 10.5. The normalized spacial score (nSPS) is 11.3. The van der Waals surface area contributed by atoms with Crippen molar-refractivity contribution in [1.82, 2.24) is 14.9 Å². The fourth-order valence-corrected chi connectivity index (χ4v) is 3.39. The van der Waals surface area contributed by atoms with E-state index in [1.807, 2.05) is 43.3 Å². The van der Waals surface area contributed by atoms with Crippen LogP contribution in [0.2, 0.25) is 0 Å². The summed E-state index contributed by atoms with van der Waals surface area (Å²) in [4.78, 5) is 14.4. The molecule has 0 atom stereocenters. The number of likely N-dealkylation sites (N-methyl/N-ethyl adjacent to an activating group) is 1. The van der Waals surface area contributed by atoms with Gasteiger partial charge in [-0.25, -0.2) is 13.1 Å². The van der Waals surface area contributed by atoms with E-state index in [4.69, 9.17) is 9.47 Å². The van der Waals surface area contributed by atoms with Gasteiger partial charge in [0.05, 0.1) is 7.11 Å². The van der Waals surface area contributed by atoms with Crippen molar-refractivity contribution in [3.63, 3.8) is 0 Å². The molecule has 2 rings (SSSR count). The summed E-state index contributed by atoms with van der Waals surface area (Å²) < 4.78 is 37.2. The number of hydrogen-bond acceptors (Lipinski definition) is 6. The SMILES string of the molecule is CNS(=O)(=O)c1cc(C(=O)NCc2ccc(OCCN(C)C)cc2)ccc1OC. The maximum absolute atomic E-state index is 12.5. The Morgan fingerprint density at radius 2 is 1.79 bits per heavy atom. The van der Waals surface area contributed by atoms with Crippen LogP contribution >= 0.6 is 0 Å². The first-order chi connectivity index (χ1) is 13.8. The number of sulfonamides is 1. The van der Waals surface area contributed by atoms with Gasteiger partial charge in [-0.15, -0.1) is 0 Å². The standard InChI is InChI=1S/C20H27N3O5S/c1-21-29(25,26)19-13-16(7-10-18(19)27-4)20(24)22-14-15-5-8-17(9-6-15)28-12-11-23(2)3/h5-10,13,21H,11-12,14H2,1-4H3,(H,22,24). The Morgan fingerprint density at radius 1 is 1.10 bits per heavy atom. The van der Waals surface area contributed by atoms with Crippen LogP contribution in [0, 0.1) is 0 Å². The third-order valence-electron chi connectivity index (χ3n) is 4.17. The second-order valence-corrected chi connectivity index (χ2v) is 8.41. The maximum atomic E-state index is 12.5. The van der Waals surface area contributed by atoms with Crippen molar-refractivity contribution in [3.8, 4) is 11.5 Å². The first-order valence-electron chi connectivity index (χ1n) is 9.03. The fraction of sp³-hybridized carbons (Fsp3) is 0.350. The summed E-state index contributed by atoms with van der Waals surface area (Å²) in [6.45, 7) is 1.72. The monoisotopic (exact) mass is 421 g/mol. The average molecular weight is 422 g/mol. The molecule has 1 amide bonds. The van der Waals surface area contributed by atoms with Crippen LogP contribution < -0.4 is 19.5 Å². The molecule has 29 heavy (non-hydrogen) atoms. The van der Waals surface area contributed by atoms with E-state index in [0.29, 0.717) is 13.2 Å². The Balaban J connectivity index is 2.01. The molecule has 2 aromatic carbocycles. The highest BCUT2D eigenvalue weighted by Crippen LogP contribution is 2.24. The number of methoxy groups -OCH3 is 1. The highest BCUT2D eigenvalue weighted by molar-refractivity contribution is 7.89. The molecular formula is C20H27N3O5S. The lowest BCUT2D eigenvalue weighted by Gasteiger charge is -2.12. The summed E-state index contributed by atoms with van der Waals surface area (Å²) >= 11 is 0. The predicted octanol–water partition coefficient (Wildman–Crippen LogP) is 1.47. The molecular weight excluding hydrogens is 394 g/mol. The predicted molar refractivity (Wildman–Crippen MR) is 111 cm³/mol. The molecule has 0 aliphatic carbocycles. The van der Waals surface area contributed by atoms with Gasteiger partial charge in [0.15, 0.2) is 0 Å². The third kappa shape index (κ3) is 6.45. The largest absolute Gasteiger partial charge is 0.495 e. The van der Waals surface area contributed by atoms with Gasteiger partial charge in [0, 0.05) is 18.7 Å². The van der Waals surface area contributed by atoms with E-state index in [0.717, 1.165) is 17.9 Å². The summed E-state index contributed by atoms with van der Waals surface area (Å²) in [6, 6.07) is 11.7. The number of carbonyl (C=O) groups excluding carboxylic acids is 1. The van der Waals surface area contributed by atoms with Crippen LogP contribution in [0.5, 0.6) is 11.5 Å². The summed E-state index contributed by atoms with van der Waals surface area (Å²) in [7, 11) is 2.88. The summed E-state index contributed by atoms with van der Waals surface area (Å²) in [5.41, 5.74) is 1.12. The van der Waals surface area contributed by atoms with Gasteiger partial charge in [0.1, 0.15) is 23.0 Å². The number of hydrogen-bond donors (Lipinski definition) is 2. The average Bonchev–Trinajstić information content (AvgIpc) is 2.72. The molecule has 0 saturated heterocycles. The lowest BCUT2D eigenvalue weighted by atomic mass is 10.2. The molecule has 0 saturated carbocycles. The van der Waals surface area contributed by atoms with E-state index in [1.54, 1.807) is 0 Å². The van der Waals surface area contributed by atoms with Gasteiger partial charge in [-0.2, -0.15) is 0 Å². The third-order valence-corrected chi connectivity index (χ3v) is 5.60. The zero-order valence-electron chi connectivity index (χ0n) is 17.1. The highest BCUT2D eigenvalue weighted by Gasteiger charge is 2.20. The lowest BCUT2D eigenvalue weighted by Crippen LogP contribution is -2.24. The second-order valence-electron chi connectivity index (χ2n) is 6.55. The van der Waals surface area contributed by atoms with Crippen molar-refractivity contribution in [2.24, 2.45) is 0 Å². The minimum absolute atomic E-state index is 0.0885. The van der Waals surface area contributed by atoms with E-state index in [9.17, 15) is 13.2 Å². The number of nitrogens with zero attached hydrogens (tertiary/aromatic N) is 1. The molecule has 0 bridgehead atoms. The molecule has 2 aromatic rings. The van der Waals surface area contributed by atoms with Gasteiger partial charge < -0.3 is 19.7 Å². The summed E-state index contributed by atoms with van der Waals surface area (Å²) in [5.74, 6) is 0.547. The molecule has 0 aliphatic rings. The minimum Gasteiger partial charge on any atom is -0.495 e. The van der Waals surface area contributed by atoms with Crippen LogP contribution in [-0.4, -0.2) is 60.6 Å². The van der Waals surface area contributed by atoms with Crippen molar-refractivity contribution in [2.45, 2.75) is 11.4 Å². The van der Waals surface area contributed by atoms with Gasteiger partial charge in [0.25, 0.3) is 5.91 Å². The minimum atomic E-state index is -3.75. The van der Waals surface area contributed by atoms with Gasteiger partial charge >= 0.3 is 0 Å². The van der Waals surface area contributed by atoms with Crippen molar-refractivity contribution in [3.05, 3.63) is 53.6 Å². The number of benzene rings is 2. The molecule has 0 spiro atoms. The number of carbonyl (C=O) groups is 1. The van der Waals surface area contributed by atoms with E-state index in [1.165, 1.54) is 32.4 Å². The Morgan fingerprint density at radius 3 is 2.38 bits per heavy atom. The Kier molecular flexibility index (Phi) is 8.00. The maximum Gasteiger partial charge on any atom is 0.251 e. The van der Waals surface area contributed by atoms with E-state index in [2.05, 4.69) is 10.0 Å². The number of nitrogens with one attached hydrogen (secondary N) is 2. The van der Waals surface area contributed by atoms with E-state index >= 15 is 0 Å². The van der Waals surface area contributed by atoms with Crippen LogP contribution in [-0.2, 0) is 16.6 Å². The molecule has 0 heterocycles. The molecule has 8 nitrogen and oxygen atoms in total. The fourth-order valence-electron chi connectivity index (χ4n) is 2.47. The van der Waals surface area contributed by atoms with Crippen molar-refractivity contribution < 1.29 is 22.7 Å². The molecule has 0 aliphatic heterocycles. The number of rotatable bonds is 10. The molecule has 0 aromatic heterocycles. The van der Waals surface area contributed by atoms with Gasteiger partial charge in [0.2, 0.25) is 10.0 Å². The van der Waals surface area contributed by atoms with E-state index in [-0.39, 0.29) is 22.1 Å². The Labute approximate surface area is 171 Å². The summed E-state index contributed by atoms with van der Waals surface area (Å²) in [5, 5.41) is 2.78. The first kappa shape index (κ1) is 22.7. The van der Waals surface area contributed by atoms with Gasteiger partial charge in [-0.3, -0.25) is 4.79 Å². The molecule has 0 unspecified atom stereocenters. The number of amides is 1. The zero-order chi connectivity index (χ0) is 21.4. The Bertz CT molecular complexity index is 928. The smallest absolute Gasteiger partial charge is 0.251 e. The lowest BCUT2D eigenvalue weighted by molar-refractivity contribution is 0.0950. The topological polar surface area (TPSA) is 97.0 Å². The van der Waals surface area contributed by atoms with Crippen LogP contribution in [0.3, 0.4) is 0 Å². The van der Waals surface area contributed by atoms with Crippen LogP contribution in [0.15, 0.2) is 47.4 Å². The van der Waals surface area contributed by atoms with Crippen LogP contribution in [0.25, 0.3) is 0 Å². The van der Waals surface area contributed by atoms with Crippen LogP contribution in [0.4, 0.5) is 0 Å². The highest BCUT2D eigenvalue weighted by atomic mass is 32.2. The summed E-state index contributed by atoms with van der Waals surface area (Å²) in [6.07, 6.45) is 0. The van der Waals surface area contributed by atoms with Gasteiger partial charge in [-0.1, -0.05) is 12.1 Å². The van der Waals surface area contributed by atoms with Gasteiger partial charge in [-0.05, 0) is 57.0 Å². The molecule has 9 heteroatoms. The van der Waals surface area contributed by atoms with Crippen LogP contribution in [0.1, 0.15) is 15.9 Å². The van der Waals surface area contributed by atoms with Crippen molar-refractivity contribution in [1.29, 1.82) is 0 Å². The molecule has 2 N–H and O–H groups in total. The van der Waals surface area contributed by atoms with Crippen molar-refractivity contribution in [2.75, 3.05) is 41.4 Å². The van der Waals surface area contributed by atoms with Crippen molar-refractivity contribution >= 4 is 15.9 Å². The quantitative estimate of drug-likeness (QED) is 0.603. The zero-order valence-corrected chi connectivity index (χ0v) is 17.9. The number of ether oxygens (including phenoxy) is 2. The second kappa shape index (κ2) is 10.2.